The van der Waals surface area contributed by atoms with Gasteiger partial charge in [-0.2, -0.15) is 0 Å². The standard InChI is InChI=1S/C34H32N6O2S/c1-33(2)29(30-36-37-38-39(30)22-23-14-12-13-21-27(23)41)40-31(42)28(32(40)43-33)35-34(24-15-6-3-7-16-24,25-17-8-4-9-18-25)26-19-10-5-11-20-26/h3-21,28-29,32,35,41H,22H2,1-2H3/t28?,29?,32-/m0/s1. The van der Waals surface area contributed by atoms with Crippen LogP contribution in [-0.4, -0.2) is 52.3 Å². The molecule has 1 amide bonds. The number of nitrogens with one attached hydrogen (secondary N) is 1. The van der Waals surface area contributed by atoms with Crippen LogP contribution in [-0.2, 0) is 16.9 Å². The molecule has 2 aliphatic heterocycles. The third-order valence-corrected chi connectivity index (χ3v) is 10.1. The number of phenolic OH excluding ortho intramolecular Hbond substituents is 1. The lowest BCUT2D eigenvalue weighted by molar-refractivity contribution is -0.150. The summed E-state index contributed by atoms with van der Waals surface area (Å²) in [6.45, 7) is 4.59. The molecule has 3 atom stereocenters. The van der Waals surface area contributed by atoms with Crippen molar-refractivity contribution in [2.75, 3.05) is 0 Å². The Bertz CT molecular complexity index is 1650. The van der Waals surface area contributed by atoms with Gasteiger partial charge in [-0.05, 0) is 47.0 Å². The molecule has 3 heterocycles. The minimum Gasteiger partial charge on any atom is -0.508 e. The van der Waals surface area contributed by atoms with Crippen molar-refractivity contribution in [3.63, 3.8) is 0 Å². The molecular formula is C34H32N6O2S. The van der Waals surface area contributed by atoms with Gasteiger partial charge >= 0.3 is 0 Å². The van der Waals surface area contributed by atoms with Crippen LogP contribution >= 0.6 is 11.8 Å². The molecule has 0 radical (unpaired) electrons. The predicted molar refractivity (Wildman–Crippen MR) is 166 cm³/mol. The number of nitrogens with zero attached hydrogens (tertiary/aromatic N) is 5. The average molecular weight is 589 g/mol. The average Bonchev–Trinajstić information content (AvgIpc) is 3.59. The molecule has 1 aromatic heterocycles. The van der Waals surface area contributed by atoms with Gasteiger partial charge in [0.2, 0.25) is 5.91 Å². The van der Waals surface area contributed by atoms with Crippen LogP contribution in [0.4, 0.5) is 0 Å². The Labute approximate surface area is 254 Å². The highest BCUT2D eigenvalue weighted by molar-refractivity contribution is 8.01. The smallest absolute Gasteiger partial charge is 0.244 e. The van der Waals surface area contributed by atoms with E-state index < -0.39 is 11.6 Å². The fourth-order valence-electron chi connectivity index (χ4n) is 6.54. The zero-order valence-electron chi connectivity index (χ0n) is 23.9. The van der Waals surface area contributed by atoms with Crippen LogP contribution in [0.3, 0.4) is 0 Å². The molecule has 2 fully saturated rings. The quantitative estimate of drug-likeness (QED) is 0.192. The Kier molecular flexibility index (Phi) is 6.79. The number of β-lactam (4-membered cyclic amide) rings is 1. The molecule has 2 aliphatic rings. The summed E-state index contributed by atoms with van der Waals surface area (Å²) in [4.78, 5) is 16.2. The monoisotopic (exact) mass is 588 g/mol. The van der Waals surface area contributed by atoms with Gasteiger partial charge in [-0.25, -0.2) is 4.68 Å². The number of hydrogen-bond acceptors (Lipinski definition) is 7. The second-order valence-corrected chi connectivity index (χ2v) is 13.3. The van der Waals surface area contributed by atoms with E-state index in [0.717, 1.165) is 16.7 Å². The molecule has 0 bridgehead atoms. The Morgan fingerprint density at radius 3 is 1.93 bits per heavy atom. The van der Waals surface area contributed by atoms with Crippen molar-refractivity contribution >= 4 is 17.7 Å². The van der Waals surface area contributed by atoms with Gasteiger partial charge in [0.15, 0.2) is 5.82 Å². The number of carbonyl (C=O) groups excluding carboxylic acids is 1. The molecule has 216 valence electrons. The van der Waals surface area contributed by atoms with E-state index in [0.29, 0.717) is 17.9 Å². The number of hydrogen-bond donors (Lipinski definition) is 2. The van der Waals surface area contributed by atoms with Gasteiger partial charge in [-0.3, -0.25) is 10.1 Å². The maximum absolute atomic E-state index is 14.3. The Morgan fingerprint density at radius 1 is 0.837 bits per heavy atom. The number of benzene rings is 4. The molecule has 4 aromatic carbocycles. The van der Waals surface area contributed by atoms with Crippen LogP contribution in [0.5, 0.6) is 5.75 Å². The normalized spacial score (nSPS) is 20.9. The molecule has 0 aliphatic carbocycles. The van der Waals surface area contributed by atoms with E-state index in [4.69, 9.17) is 0 Å². The first kappa shape index (κ1) is 27.4. The highest BCUT2D eigenvalue weighted by Crippen LogP contribution is 2.57. The van der Waals surface area contributed by atoms with Crippen molar-refractivity contribution in [2.24, 2.45) is 0 Å². The van der Waals surface area contributed by atoms with E-state index in [1.54, 1.807) is 28.6 Å². The molecule has 43 heavy (non-hydrogen) atoms. The van der Waals surface area contributed by atoms with E-state index in [9.17, 15) is 9.90 Å². The summed E-state index contributed by atoms with van der Waals surface area (Å²) in [6, 6.07) is 37.4. The highest BCUT2D eigenvalue weighted by atomic mass is 32.2. The first-order valence-electron chi connectivity index (χ1n) is 14.4. The summed E-state index contributed by atoms with van der Waals surface area (Å²) in [5.41, 5.74) is 3.13. The topological polar surface area (TPSA) is 96.2 Å². The lowest BCUT2D eigenvalue weighted by Crippen LogP contribution is -2.70. The zero-order valence-corrected chi connectivity index (χ0v) is 24.7. The number of phenols is 1. The van der Waals surface area contributed by atoms with E-state index in [1.807, 2.05) is 71.6 Å². The SMILES string of the molecule is CC1(C)S[C@H]2C(NC(c3ccccc3)(c3ccccc3)c3ccccc3)C(=O)N2C1c1nnnn1Cc1ccccc1O. The molecule has 7 rings (SSSR count). The Hall–Kier alpha value is -4.47. The fraction of sp³-hybridized carbons (Fsp3) is 0.235. The van der Waals surface area contributed by atoms with E-state index >= 15 is 0 Å². The van der Waals surface area contributed by atoms with E-state index in [2.05, 4.69) is 71.1 Å². The molecule has 2 saturated heterocycles. The minimum atomic E-state index is -0.759. The lowest BCUT2D eigenvalue weighted by atomic mass is 9.76. The third-order valence-electron chi connectivity index (χ3n) is 8.55. The number of tetrazole rings is 1. The molecule has 8 nitrogen and oxygen atoms in total. The second-order valence-electron chi connectivity index (χ2n) is 11.6. The largest absolute Gasteiger partial charge is 0.508 e. The molecule has 9 heteroatoms. The van der Waals surface area contributed by atoms with Gasteiger partial charge < -0.3 is 10.0 Å². The van der Waals surface area contributed by atoms with Gasteiger partial charge in [-0.1, -0.05) is 109 Å². The number of fused-ring (bicyclic) bond motifs is 1. The Balaban J connectivity index is 1.27. The number of aromatic nitrogens is 4. The molecule has 2 unspecified atom stereocenters. The highest BCUT2D eigenvalue weighted by Gasteiger charge is 2.64. The summed E-state index contributed by atoms with van der Waals surface area (Å²) in [5, 5.41) is 26.8. The number of carbonyl (C=O) groups is 1. The van der Waals surface area contributed by atoms with Gasteiger partial charge in [0, 0.05) is 10.3 Å². The van der Waals surface area contributed by atoms with Crippen molar-refractivity contribution in [1.82, 2.24) is 30.4 Å². The molecule has 0 spiro atoms. The maximum atomic E-state index is 14.3. The first-order valence-corrected chi connectivity index (χ1v) is 15.3. The second kappa shape index (κ2) is 10.7. The van der Waals surface area contributed by atoms with Crippen LogP contribution in [0.15, 0.2) is 115 Å². The molecule has 2 N–H and O–H groups in total. The van der Waals surface area contributed by atoms with Gasteiger partial charge in [-0.15, -0.1) is 16.9 Å². The summed E-state index contributed by atoms with van der Waals surface area (Å²) < 4.78 is 1.33. The number of para-hydroxylation sites is 1. The Morgan fingerprint density at radius 2 is 1.37 bits per heavy atom. The van der Waals surface area contributed by atoms with Crippen molar-refractivity contribution in [3.8, 4) is 5.75 Å². The van der Waals surface area contributed by atoms with Crippen molar-refractivity contribution in [1.29, 1.82) is 0 Å². The lowest BCUT2D eigenvalue weighted by Gasteiger charge is -2.49. The summed E-state index contributed by atoms with van der Waals surface area (Å²) in [5.74, 6) is 0.804. The van der Waals surface area contributed by atoms with Crippen LogP contribution in [0.25, 0.3) is 0 Å². The van der Waals surface area contributed by atoms with Crippen LogP contribution in [0, 0.1) is 0 Å². The third kappa shape index (κ3) is 4.51. The van der Waals surface area contributed by atoms with Crippen LogP contribution in [0.1, 0.15) is 48.0 Å². The maximum Gasteiger partial charge on any atom is 0.244 e. The molecule has 5 aromatic rings. The van der Waals surface area contributed by atoms with Crippen LogP contribution in [0.2, 0.25) is 0 Å². The van der Waals surface area contributed by atoms with Gasteiger partial charge in [0.1, 0.15) is 23.2 Å². The predicted octanol–water partition coefficient (Wildman–Crippen LogP) is 5.11. The number of aromatic hydroxyl groups is 1. The van der Waals surface area contributed by atoms with Crippen molar-refractivity contribution in [3.05, 3.63) is 143 Å². The van der Waals surface area contributed by atoms with Crippen molar-refractivity contribution in [2.45, 2.75) is 48.1 Å². The summed E-state index contributed by atoms with van der Waals surface area (Å²) in [7, 11) is 0. The molecular weight excluding hydrogens is 556 g/mol. The van der Waals surface area contributed by atoms with E-state index in [1.165, 1.54) is 0 Å². The van der Waals surface area contributed by atoms with Gasteiger partial charge in [0.25, 0.3) is 0 Å². The number of thioether (sulfide) groups is 1. The van der Waals surface area contributed by atoms with E-state index in [-0.39, 0.29) is 27.8 Å². The number of rotatable bonds is 8. The number of amides is 1. The first-order chi connectivity index (χ1) is 20.9. The van der Waals surface area contributed by atoms with Crippen LogP contribution < -0.4 is 5.32 Å². The zero-order chi connectivity index (χ0) is 29.6. The fourth-order valence-corrected chi connectivity index (χ4v) is 8.17. The summed E-state index contributed by atoms with van der Waals surface area (Å²) in [6.07, 6.45) is 0. The summed E-state index contributed by atoms with van der Waals surface area (Å²) >= 11 is 1.76. The van der Waals surface area contributed by atoms with Gasteiger partial charge in [0.05, 0.1) is 12.1 Å². The minimum absolute atomic E-state index is 0.0114. The van der Waals surface area contributed by atoms with Crippen molar-refractivity contribution < 1.29 is 9.90 Å². The molecule has 0 saturated carbocycles.